The van der Waals surface area contributed by atoms with E-state index in [-0.39, 0.29) is 16.9 Å². The number of aryl methyl sites for hydroxylation is 3. The monoisotopic (exact) mass is 418 g/mol. The van der Waals surface area contributed by atoms with E-state index in [4.69, 9.17) is 16.3 Å². The molecule has 3 rings (SSSR count). The van der Waals surface area contributed by atoms with E-state index in [2.05, 4.69) is 5.10 Å². The maximum Gasteiger partial charge on any atom is 0.278 e. The Morgan fingerprint density at radius 2 is 1.72 bits per heavy atom. The van der Waals surface area contributed by atoms with E-state index in [1.54, 1.807) is 20.0 Å². The highest BCUT2D eigenvalue weighted by Gasteiger charge is 2.23. The first-order valence-electron chi connectivity index (χ1n) is 10.6. The van der Waals surface area contributed by atoms with Crippen LogP contribution in [0, 0.1) is 19.8 Å². The summed E-state index contributed by atoms with van der Waals surface area (Å²) in [5, 5.41) is 15.2. The Morgan fingerprint density at radius 1 is 1.10 bits per heavy atom. The molecule has 158 valence electrons. The summed E-state index contributed by atoms with van der Waals surface area (Å²) in [6.07, 6.45) is 9.98. The molecule has 2 aromatic rings. The quantitative estimate of drug-likeness (QED) is 0.706. The molecule has 5 nitrogen and oxygen atoms in total. The Balaban J connectivity index is 1.97. The number of aromatic nitrogens is 2. The van der Waals surface area contributed by atoms with Crippen LogP contribution in [0.4, 0.5) is 0 Å². The zero-order chi connectivity index (χ0) is 21.0. The topological polar surface area (TPSA) is 64.3 Å². The van der Waals surface area contributed by atoms with E-state index in [9.17, 15) is 9.90 Å². The molecule has 0 radical (unpaired) electrons. The normalized spacial score (nSPS) is 16.1. The van der Waals surface area contributed by atoms with Crippen molar-refractivity contribution in [1.82, 2.24) is 9.78 Å². The van der Waals surface area contributed by atoms with Gasteiger partial charge in [0.15, 0.2) is 5.75 Å². The molecule has 1 N–H and O–H groups in total. The third kappa shape index (κ3) is 4.95. The maximum atomic E-state index is 12.8. The van der Waals surface area contributed by atoms with Crippen molar-refractivity contribution in [3.8, 4) is 22.6 Å². The van der Waals surface area contributed by atoms with Gasteiger partial charge < -0.3 is 9.84 Å². The van der Waals surface area contributed by atoms with Gasteiger partial charge in [0, 0.05) is 12.6 Å². The van der Waals surface area contributed by atoms with Gasteiger partial charge in [-0.15, -0.1) is 0 Å². The lowest BCUT2D eigenvalue weighted by Gasteiger charge is -2.21. The van der Waals surface area contributed by atoms with E-state index >= 15 is 0 Å². The number of rotatable bonds is 4. The number of hydrogen-bond acceptors (Lipinski definition) is 4. The van der Waals surface area contributed by atoms with Crippen molar-refractivity contribution in [3.05, 3.63) is 38.8 Å². The van der Waals surface area contributed by atoms with Crippen LogP contribution in [-0.4, -0.2) is 21.5 Å². The molecule has 0 amide bonds. The van der Waals surface area contributed by atoms with Crippen molar-refractivity contribution in [1.29, 1.82) is 0 Å². The molecule has 1 aromatic carbocycles. The average Bonchev–Trinajstić information content (AvgIpc) is 2.82. The van der Waals surface area contributed by atoms with E-state index in [0.29, 0.717) is 34.6 Å². The number of ether oxygens (including phenoxy) is 1. The van der Waals surface area contributed by atoms with Crippen LogP contribution < -0.4 is 10.3 Å². The predicted octanol–water partition coefficient (Wildman–Crippen LogP) is 5.55. The van der Waals surface area contributed by atoms with E-state index in [1.165, 1.54) is 43.2 Å². The van der Waals surface area contributed by atoms with Crippen LogP contribution >= 0.6 is 11.6 Å². The molecular weight excluding hydrogens is 388 g/mol. The SMILES string of the molecule is Cc1ccc(Cl)c(OCC2CCCCCCCC2)c1-c1c(O)c(C)nn(C)c1=O. The smallest absolute Gasteiger partial charge is 0.278 e. The van der Waals surface area contributed by atoms with Crippen LogP contribution in [0.5, 0.6) is 11.5 Å². The maximum absolute atomic E-state index is 12.8. The molecule has 29 heavy (non-hydrogen) atoms. The molecule has 0 aliphatic heterocycles. The number of nitrogens with zero attached hydrogens (tertiary/aromatic N) is 2. The summed E-state index contributed by atoms with van der Waals surface area (Å²) in [7, 11) is 1.58. The minimum Gasteiger partial charge on any atom is -0.505 e. The van der Waals surface area contributed by atoms with Crippen molar-refractivity contribution < 1.29 is 9.84 Å². The van der Waals surface area contributed by atoms with Crippen molar-refractivity contribution >= 4 is 11.6 Å². The summed E-state index contributed by atoms with van der Waals surface area (Å²) in [5.41, 5.74) is 1.61. The molecule has 1 aromatic heterocycles. The lowest BCUT2D eigenvalue weighted by Crippen LogP contribution is -2.23. The second-order valence-corrected chi connectivity index (χ2v) is 8.59. The van der Waals surface area contributed by atoms with Crippen LogP contribution in [-0.2, 0) is 7.05 Å². The number of aromatic hydroxyl groups is 1. The Hall–Kier alpha value is -2.01. The van der Waals surface area contributed by atoms with Gasteiger partial charge in [0.05, 0.1) is 17.2 Å². The van der Waals surface area contributed by atoms with Gasteiger partial charge in [0.2, 0.25) is 0 Å². The molecule has 0 spiro atoms. The van der Waals surface area contributed by atoms with Crippen LogP contribution in [0.15, 0.2) is 16.9 Å². The van der Waals surface area contributed by atoms with Crippen LogP contribution in [0.2, 0.25) is 5.02 Å². The molecule has 0 atom stereocenters. The molecule has 6 heteroatoms. The summed E-state index contributed by atoms with van der Waals surface area (Å²) in [4.78, 5) is 12.8. The highest BCUT2D eigenvalue weighted by atomic mass is 35.5. The van der Waals surface area contributed by atoms with Crippen LogP contribution in [0.3, 0.4) is 0 Å². The van der Waals surface area contributed by atoms with Gasteiger partial charge in [-0.3, -0.25) is 4.79 Å². The average molecular weight is 419 g/mol. The number of halogens is 1. The van der Waals surface area contributed by atoms with Gasteiger partial charge in [-0.2, -0.15) is 5.10 Å². The second-order valence-electron chi connectivity index (χ2n) is 8.18. The zero-order valence-electron chi connectivity index (χ0n) is 17.6. The first-order chi connectivity index (χ1) is 13.9. The molecule has 1 aliphatic rings. The van der Waals surface area contributed by atoms with E-state index in [0.717, 1.165) is 18.4 Å². The summed E-state index contributed by atoms with van der Waals surface area (Å²) >= 11 is 6.51. The Morgan fingerprint density at radius 3 is 2.38 bits per heavy atom. The molecule has 0 bridgehead atoms. The highest BCUT2D eigenvalue weighted by Crippen LogP contribution is 2.41. The summed E-state index contributed by atoms with van der Waals surface area (Å²) in [6.45, 7) is 4.14. The van der Waals surface area contributed by atoms with Gasteiger partial charge in [0.1, 0.15) is 11.4 Å². The van der Waals surface area contributed by atoms with Crippen LogP contribution in [0.25, 0.3) is 11.1 Å². The van der Waals surface area contributed by atoms with Crippen molar-refractivity contribution in [2.24, 2.45) is 13.0 Å². The number of hydrogen-bond donors (Lipinski definition) is 1. The Labute approximate surface area is 177 Å². The second kappa shape index (κ2) is 9.66. The zero-order valence-corrected chi connectivity index (χ0v) is 18.4. The molecule has 1 aliphatic carbocycles. The van der Waals surface area contributed by atoms with Crippen molar-refractivity contribution in [3.63, 3.8) is 0 Å². The molecule has 0 saturated heterocycles. The first kappa shape index (κ1) is 21.7. The summed E-state index contributed by atoms with van der Waals surface area (Å²) in [5.74, 6) is 0.837. The van der Waals surface area contributed by atoms with Gasteiger partial charge in [-0.1, -0.05) is 56.2 Å². The molecule has 0 unspecified atom stereocenters. The van der Waals surface area contributed by atoms with Gasteiger partial charge >= 0.3 is 0 Å². The summed E-state index contributed by atoms with van der Waals surface area (Å²) in [6, 6.07) is 3.63. The molecular formula is C23H31ClN2O3. The lowest BCUT2D eigenvalue weighted by molar-refractivity contribution is 0.228. The van der Waals surface area contributed by atoms with Gasteiger partial charge in [0.25, 0.3) is 5.56 Å². The molecule has 1 saturated carbocycles. The van der Waals surface area contributed by atoms with E-state index in [1.807, 2.05) is 13.0 Å². The molecule has 1 fully saturated rings. The standard InChI is InChI=1S/C23H31ClN2O3/c1-15-12-13-18(24)22(29-14-17-10-8-6-4-5-7-9-11-17)19(15)20-21(27)16(2)25-26(3)23(20)28/h12-13,17,27H,4-11,14H2,1-3H3. The highest BCUT2D eigenvalue weighted by molar-refractivity contribution is 6.32. The van der Waals surface area contributed by atoms with E-state index < -0.39 is 0 Å². The first-order valence-corrected chi connectivity index (χ1v) is 11.0. The van der Waals surface area contributed by atoms with Crippen molar-refractivity contribution in [2.45, 2.75) is 65.2 Å². The molecule has 1 heterocycles. The Kier molecular flexibility index (Phi) is 7.23. The van der Waals surface area contributed by atoms with Gasteiger partial charge in [-0.25, -0.2) is 4.68 Å². The minimum atomic E-state index is -0.370. The fraction of sp³-hybridized carbons (Fsp3) is 0.565. The fourth-order valence-electron chi connectivity index (χ4n) is 4.18. The summed E-state index contributed by atoms with van der Waals surface area (Å²) < 4.78 is 7.50. The third-order valence-electron chi connectivity index (χ3n) is 5.89. The predicted molar refractivity (Wildman–Crippen MR) is 117 cm³/mol. The largest absolute Gasteiger partial charge is 0.505 e. The minimum absolute atomic E-state index is 0.120. The fourth-order valence-corrected chi connectivity index (χ4v) is 4.39. The van der Waals surface area contributed by atoms with Gasteiger partial charge in [-0.05, 0) is 44.2 Å². The lowest BCUT2D eigenvalue weighted by atomic mass is 9.97. The van der Waals surface area contributed by atoms with Crippen molar-refractivity contribution in [2.75, 3.05) is 6.61 Å². The number of benzene rings is 1. The van der Waals surface area contributed by atoms with Crippen LogP contribution in [0.1, 0.15) is 62.6 Å². The Bertz CT molecular complexity index is 913. The third-order valence-corrected chi connectivity index (χ3v) is 6.19.